The van der Waals surface area contributed by atoms with Crippen molar-refractivity contribution in [2.75, 3.05) is 19.8 Å². The lowest BCUT2D eigenvalue weighted by Crippen LogP contribution is -2.45. The van der Waals surface area contributed by atoms with Crippen LogP contribution in [0.5, 0.6) is 0 Å². The zero-order valence-corrected chi connectivity index (χ0v) is 12.1. The molecule has 1 fully saturated rings. The predicted molar refractivity (Wildman–Crippen MR) is 70.0 cm³/mol. The molecule has 0 bridgehead atoms. The molecule has 0 unspecified atom stereocenters. The molecule has 0 amide bonds. The van der Waals surface area contributed by atoms with Gasteiger partial charge in [-0.05, 0) is 26.7 Å². The number of hydrogen-bond acceptors (Lipinski definition) is 6. The maximum absolute atomic E-state index is 12.2. The number of aldehydes is 1. The molecule has 20 heavy (non-hydrogen) atoms. The van der Waals surface area contributed by atoms with Crippen LogP contribution in [-0.2, 0) is 28.6 Å². The lowest BCUT2D eigenvalue weighted by molar-refractivity contribution is -0.176. The molecule has 0 spiro atoms. The molecule has 0 aromatic heterocycles. The van der Waals surface area contributed by atoms with E-state index in [9.17, 15) is 14.4 Å². The van der Waals surface area contributed by atoms with E-state index in [1.165, 1.54) is 0 Å². The van der Waals surface area contributed by atoms with E-state index < -0.39 is 17.4 Å². The summed E-state index contributed by atoms with van der Waals surface area (Å²) in [6, 6.07) is 0. The first kappa shape index (κ1) is 16.6. The van der Waals surface area contributed by atoms with Crippen LogP contribution >= 0.6 is 0 Å². The van der Waals surface area contributed by atoms with Crippen molar-refractivity contribution in [3.63, 3.8) is 0 Å². The maximum Gasteiger partial charge on any atom is 0.324 e. The lowest BCUT2D eigenvalue weighted by Gasteiger charge is -2.29. The van der Waals surface area contributed by atoms with E-state index in [2.05, 4.69) is 0 Å². The minimum Gasteiger partial charge on any atom is -0.465 e. The molecule has 1 heterocycles. The molecular weight excluding hydrogens is 264 g/mol. The normalized spacial score (nSPS) is 18.6. The number of hydrogen-bond donors (Lipinski definition) is 0. The molecule has 0 aromatic rings. The molecule has 1 saturated heterocycles. The van der Waals surface area contributed by atoms with Crippen LogP contribution in [0.3, 0.4) is 0 Å². The molecule has 1 rings (SSSR count). The Morgan fingerprint density at radius 1 is 1.25 bits per heavy atom. The molecule has 1 atom stereocenters. The van der Waals surface area contributed by atoms with Gasteiger partial charge in [0.2, 0.25) is 0 Å². The van der Waals surface area contributed by atoms with Crippen LogP contribution in [0, 0.1) is 5.41 Å². The highest BCUT2D eigenvalue weighted by molar-refractivity contribution is 6.02. The van der Waals surface area contributed by atoms with Gasteiger partial charge in [-0.15, -0.1) is 0 Å². The second kappa shape index (κ2) is 7.99. The van der Waals surface area contributed by atoms with Crippen LogP contribution < -0.4 is 0 Å². The van der Waals surface area contributed by atoms with Crippen molar-refractivity contribution >= 4 is 18.2 Å². The van der Waals surface area contributed by atoms with Crippen molar-refractivity contribution in [1.29, 1.82) is 0 Å². The first-order valence-corrected chi connectivity index (χ1v) is 7.00. The summed E-state index contributed by atoms with van der Waals surface area (Å²) >= 11 is 0. The molecule has 0 aliphatic carbocycles. The Balaban J connectivity index is 2.99. The molecule has 1 aliphatic heterocycles. The van der Waals surface area contributed by atoms with E-state index in [1.54, 1.807) is 13.8 Å². The van der Waals surface area contributed by atoms with Gasteiger partial charge in [-0.2, -0.15) is 0 Å². The quantitative estimate of drug-likeness (QED) is 0.380. The highest BCUT2D eigenvalue weighted by Gasteiger charge is 2.50. The number of rotatable bonds is 8. The highest BCUT2D eigenvalue weighted by Crippen LogP contribution is 2.35. The molecule has 6 nitrogen and oxygen atoms in total. The second-order valence-electron chi connectivity index (χ2n) is 4.73. The van der Waals surface area contributed by atoms with Gasteiger partial charge in [0.25, 0.3) is 0 Å². The van der Waals surface area contributed by atoms with Gasteiger partial charge in [0.05, 0.1) is 19.3 Å². The Kier molecular flexibility index (Phi) is 6.64. The number of esters is 2. The summed E-state index contributed by atoms with van der Waals surface area (Å²) in [5.41, 5.74) is -1.58. The van der Waals surface area contributed by atoms with E-state index in [0.29, 0.717) is 12.9 Å². The van der Waals surface area contributed by atoms with Gasteiger partial charge in [0.1, 0.15) is 6.29 Å². The molecule has 0 saturated carbocycles. The van der Waals surface area contributed by atoms with E-state index in [-0.39, 0.29) is 32.2 Å². The Labute approximate surface area is 118 Å². The second-order valence-corrected chi connectivity index (χ2v) is 4.73. The summed E-state index contributed by atoms with van der Waals surface area (Å²) in [7, 11) is 0. The van der Waals surface area contributed by atoms with Crippen molar-refractivity contribution in [3.05, 3.63) is 0 Å². The fourth-order valence-corrected chi connectivity index (χ4v) is 2.37. The lowest BCUT2D eigenvalue weighted by atomic mass is 9.79. The van der Waals surface area contributed by atoms with Gasteiger partial charge in [-0.25, -0.2) is 0 Å². The van der Waals surface area contributed by atoms with E-state index in [1.807, 2.05) is 0 Å². The van der Waals surface area contributed by atoms with Gasteiger partial charge < -0.3 is 19.0 Å². The Bertz CT molecular complexity index is 328. The van der Waals surface area contributed by atoms with Crippen LogP contribution in [-0.4, -0.2) is 44.1 Å². The molecule has 114 valence electrons. The molecule has 1 aliphatic rings. The molecule has 0 N–H and O–H groups in total. The monoisotopic (exact) mass is 286 g/mol. The highest BCUT2D eigenvalue weighted by atomic mass is 16.6. The van der Waals surface area contributed by atoms with Gasteiger partial charge in [0, 0.05) is 19.4 Å². The molecule has 0 aromatic carbocycles. The van der Waals surface area contributed by atoms with Crippen LogP contribution in [0.4, 0.5) is 0 Å². The zero-order chi connectivity index (χ0) is 15.0. The summed E-state index contributed by atoms with van der Waals surface area (Å²) in [6.07, 6.45) is 1.87. The van der Waals surface area contributed by atoms with Crippen LogP contribution in [0.15, 0.2) is 0 Å². The third kappa shape index (κ3) is 3.79. The first-order valence-electron chi connectivity index (χ1n) is 7.00. The topological polar surface area (TPSA) is 78.9 Å². The first-order chi connectivity index (χ1) is 9.60. The van der Waals surface area contributed by atoms with Crippen LogP contribution in [0.1, 0.15) is 39.5 Å². The van der Waals surface area contributed by atoms with Crippen molar-refractivity contribution in [2.45, 2.75) is 45.6 Å². The SMILES string of the molecule is CCOC(=O)C(CC=O)(C[C@@H]1CCCO1)C(=O)OCC. The average Bonchev–Trinajstić information content (AvgIpc) is 2.91. The van der Waals surface area contributed by atoms with Gasteiger partial charge in [-0.3, -0.25) is 9.59 Å². The van der Waals surface area contributed by atoms with Crippen LogP contribution in [0.25, 0.3) is 0 Å². The Hall–Kier alpha value is -1.43. The standard InChI is InChI=1S/C14H22O6/c1-3-18-12(16)14(7-8-15,13(17)19-4-2)10-11-6-5-9-20-11/h8,11H,3-7,9-10H2,1-2H3/t11-/m0/s1. The van der Waals surface area contributed by atoms with Gasteiger partial charge >= 0.3 is 11.9 Å². The third-order valence-electron chi connectivity index (χ3n) is 3.36. The minimum absolute atomic E-state index is 0.128. The average molecular weight is 286 g/mol. The van der Waals surface area contributed by atoms with Crippen molar-refractivity contribution in [2.24, 2.45) is 5.41 Å². The molecule has 0 radical (unpaired) electrons. The summed E-state index contributed by atoms with van der Waals surface area (Å²) in [6.45, 7) is 4.20. The number of carbonyl (C=O) groups excluding carboxylic acids is 3. The molecular formula is C14H22O6. The van der Waals surface area contributed by atoms with Crippen molar-refractivity contribution in [1.82, 2.24) is 0 Å². The Morgan fingerprint density at radius 2 is 1.85 bits per heavy atom. The number of ether oxygens (including phenoxy) is 3. The van der Waals surface area contributed by atoms with Crippen LogP contribution in [0.2, 0.25) is 0 Å². The minimum atomic E-state index is -1.58. The van der Waals surface area contributed by atoms with Crippen molar-refractivity contribution < 1.29 is 28.6 Å². The largest absolute Gasteiger partial charge is 0.465 e. The van der Waals surface area contributed by atoms with Crippen molar-refractivity contribution in [3.8, 4) is 0 Å². The van der Waals surface area contributed by atoms with E-state index >= 15 is 0 Å². The fourth-order valence-electron chi connectivity index (χ4n) is 2.37. The summed E-state index contributed by atoms with van der Waals surface area (Å²) < 4.78 is 15.4. The summed E-state index contributed by atoms with van der Waals surface area (Å²) in [4.78, 5) is 35.4. The predicted octanol–water partition coefficient (Wildman–Crippen LogP) is 1.26. The fraction of sp³-hybridized carbons (Fsp3) is 0.786. The summed E-state index contributed by atoms with van der Waals surface area (Å²) in [5, 5.41) is 0. The summed E-state index contributed by atoms with van der Waals surface area (Å²) in [5.74, 6) is -1.41. The number of carbonyl (C=O) groups is 3. The Morgan fingerprint density at radius 3 is 2.25 bits per heavy atom. The smallest absolute Gasteiger partial charge is 0.324 e. The van der Waals surface area contributed by atoms with E-state index in [0.717, 1.165) is 12.8 Å². The van der Waals surface area contributed by atoms with Gasteiger partial charge in [0.15, 0.2) is 5.41 Å². The van der Waals surface area contributed by atoms with Gasteiger partial charge in [-0.1, -0.05) is 0 Å². The molecule has 6 heteroatoms. The van der Waals surface area contributed by atoms with E-state index in [4.69, 9.17) is 14.2 Å². The zero-order valence-electron chi connectivity index (χ0n) is 12.1. The maximum atomic E-state index is 12.2. The third-order valence-corrected chi connectivity index (χ3v) is 3.36.